The highest BCUT2D eigenvalue weighted by molar-refractivity contribution is 6.29. The highest BCUT2D eigenvalue weighted by Crippen LogP contribution is 2.41. The summed E-state index contributed by atoms with van der Waals surface area (Å²) in [4.78, 5) is 0. The lowest BCUT2D eigenvalue weighted by atomic mass is 10.0. The van der Waals surface area contributed by atoms with Crippen molar-refractivity contribution in [3.05, 3.63) is 0 Å². The van der Waals surface area contributed by atoms with E-state index in [0.29, 0.717) is 12.2 Å². The van der Waals surface area contributed by atoms with Crippen molar-refractivity contribution < 1.29 is 9.16 Å². The SMILES string of the molecule is CO[SiH2]C1CCC2OC2C1. The van der Waals surface area contributed by atoms with Crippen LogP contribution in [0.4, 0.5) is 0 Å². The van der Waals surface area contributed by atoms with Gasteiger partial charge in [0.1, 0.15) is 0 Å². The molecule has 0 bridgehead atoms. The van der Waals surface area contributed by atoms with Gasteiger partial charge >= 0.3 is 0 Å². The molecule has 1 saturated heterocycles. The molecule has 0 aromatic carbocycles. The normalized spacial score (nSPS) is 45.9. The Morgan fingerprint density at radius 3 is 3.00 bits per heavy atom. The second kappa shape index (κ2) is 2.64. The number of epoxide rings is 1. The Labute approximate surface area is 63.8 Å². The third kappa shape index (κ3) is 1.26. The Bertz CT molecular complexity index is 129. The molecule has 3 atom stereocenters. The van der Waals surface area contributed by atoms with E-state index in [1.54, 1.807) is 0 Å². The average molecular weight is 158 g/mol. The maximum Gasteiger partial charge on any atom is 0.164 e. The Morgan fingerprint density at radius 1 is 1.40 bits per heavy atom. The molecule has 1 saturated carbocycles. The van der Waals surface area contributed by atoms with Crippen molar-refractivity contribution in [2.75, 3.05) is 7.11 Å². The zero-order chi connectivity index (χ0) is 6.97. The van der Waals surface area contributed by atoms with Crippen molar-refractivity contribution in [3.8, 4) is 0 Å². The molecule has 1 heterocycles. The molecule has 2 fully saturated rings. The van der Waals surface area contributed by atoms with Gasteiger partial charge in [0.25, 0.3) is 0 Å². The first kappa shape index (κ1) is 6.82. The lowest BCUT2D eigenvalue weighted by Crippen LogP contribution is -2.15. The minimum atomic E-state index is -0.209. The fourth-order valence-electron chi connectivity index (χ4n) is 1.87. The predicted molar refractivity (Wildman–Crippen MR) is 41.8 cm³/mol. The maximum atomic E-state index is 5.42. The third-order valence-electron chi connectivity index (χ3n) is 2.52. The molecule has 0 aromatic rings. The van der Waals surface area contributed by atoms with Crippen LogP contribution in [0.1, 0.15) is 19.3 Å². The Morgan fingerprint density at radius 2 is 2.30 bits per heavy atom. The molecule has 0 spiro atoms. The molecule has 1 aliphatic carbocycles. The zero-order valence-electron chi connectivity index (χ0n) is 6.38. The summed E-state index contributed by atoms with van der Waals surface area (Å²) in [5.41, 5.74) is 0.911. The van der Waals surface area contributed by atoms with Gasteiger partial charge in [-0.3, -0.25) is 0 Å². The number of rotatable bonds is 2. The van der Waals surface area contributed by atoms with E-state index in [4.69, 9.17) is 9.16 Å². The van der Waals surface area contributed by atoms with Crippen molar-refractivity contribution in [2.45, 2.75) is 37.0 Å². The van der Waals surface area contributed by atoms with Gasteiger partial charge in [-0.15, -0.1) is 0 Å². The second-order valence-corrected chi connectivity index (χ2v) is 5.41. The summed E-state index contributed by atoms with van der Waals surface area (Å²) in [6, 6.07) is 0. The summed E-state index contributed by atoms with van der Waals surface area (Å²) >= 11 is 0. The average Bonchev–Trinajstić information content (AvgIpc) is 2.66. The number of ether oxygens (including phenoxy) is 1. The molecular weight excluding hydrogens is 144 g/mol. The molecule has 2 rings (SSSR count). The maximum absolute atomic E-state index is 5.42. The summed E-state index contributed by atoms with van der Waals surface area (Å²) in [5.74, 6) is 0. The van der Waals surface area contributed by atoms with Crippen LogP contribution in [0.5, 0.6) is 0 Å². The topological polar surface area (TPSA) is 21.8 Å². The van der Waals surface area contributed by atoms with Gasteiger partial charge in [-0.05, 0) is 24.8 Å². The van der Waals surface area contributed by atoms with Gasteiger partial charge in [0, 0.05) is 7.11 Å². The number of fused-ring (bicyclic) bond motifs is 1. The molecule has 0 radical (unpaired) electrons. The Kier molecular flexibility index (Phi) is 1.80. The molecule has 0 N–H and O–H groups in total. The molecule has 0 amide bonds. The third-order valence-corrected chi connectivity index (χ3v) is 4.06. The van der Waals surface area contributed by atoms with Crippen LogP contribution in [-0.4, -0.2) is 29.1 Å². The Hall–Kier alpha value is 0.137. The van der Waals surface area contributed by atoms with Crippen LogP contribution in [0.25, 0.3) is 0 Å². The molecule has 2 aliphatic rings. The monoisotopic (exact) mass is 158 g/mol. The van der Waals surface area contributed by atoms with Crippen molar-refractivity contribution >= 4 is 9.76 Å². The van der Waals surface area contributed by atoms with Crippen LogP contribution in [-0.2, 0) is 9.16 Å². The summed E-state index contributed by atoms with van der Waals surface area (Å²) in [5, 5.41) is 0. The minimum Gasteiger partial charge on any atom is -0.427 e. The van der Waals surface area contributed by atoms with Crippen LogP contribution >= 0.6 is 0 Å². The highest BCUT2D eigenvalue weighted by Gasteiger charge is 2.43. The van der Waals surface area contributed by atoms with Gasteiger partial charge in [-0.2, -0.15) is 0 Å². The Balaban J connectivity index is 1.77. The summed E-state index contributed by atoms with van der Waals surface area (Å²) < 4.78 is 10.7. The minimum absolute atomic E-state index is 0.209. The number of hydrogen-bond acceptors (Lipinski definition) is 2. The fraction of sp³-hybridized carbons (Fsp3) is 1.00. The van der Waals surface area contributed by atoms with E-state index >= 15 is 0 Å². The van der Waals surface area contributed by atoms with Gasteiger partial charge in [0.15, 0.2) is 9.76 Å². The van der Waals surface area contributed by atoms with Crippen molar-refractivity contribution in [3.63, 3.8) is 0 Å². The summed E-state index contributed by atoms with van der Waals surface area (Å²) in [6.45, 7) is 0. The van der Waals surface area contributed by atoms with E-state index in [2.05, 4.69) is 0 Å². The van der Waals surface area contributed by atoms with Gasteiger partial charge in [0.2, 0.25) is 0 Å². The highest BCUT2D eigenvalue weighted by atomic mass is 28.2. The van der Waals surface area contributed by atoms with E-state index < -0.39 is 0 Å². The summed E-state index contributed by atoms with van der Waals surface area (Å²) in [6.07, 6.45) is 5.25. The first-order valence-corrected chi connectivity index (χ1v) is 5.44. The number of hydrogen-bond donors (Lipinski definition) is 0. The van der Waals surface area contributed by atoms with Crippen molar-refractivity contribution in [1.82, 2.24) is 0 Å². The first-order valence-electron chi connectivity index (χ1n) is 4.04. The molecule has 10 heavy (non-hydrogen) atoms. The van der Waals surface area contributed by atoms with E-state index in [-0.39, 0.29) is 9.76 Å². The van der Waals surface area contributed by atoms with Crippen LogP contribution < -0.4 is 0 Å². The largest absolute Gasteiger partial charge is 0.427 e. The second-order valence-electron chi connectivity index (χ2n) is 3.35. The fourth-order valence-corrected chi connectivity index (χ4v) is 3.21. The zero-order valence-corrected chi connectivity index (χ0v) is 7.79. The van der Waals surface area contributed by atoms with Crippen LogP contribution in [0.15, 0.2) is 0 Å². The summed E-state index contributed by atoms with van der Waals surface area (Å²) in [7, 11) is 1.63. The van der Waals surface area contributed by atoms with Crippen LogP contribution in [0.2, 0.25) is 5.54 Å². The van der Waals surface area contributed by atoms with Crippen LogP contribution in [0.3, 0.4) is 0 Å². The lowest BCUT2D eigenvalue weighted by Gasteiger charge is -2.16. The van der Waals surface area contributed by atoms with E-state index in [1.165, 1.54) is 19.3 Å². The van der Waals surface area contributed by atoms with Gasteiger partial charge in [0.05, 0.1) is 12.2 Å². The smallest absolute Gasteiger partial charge is 0.164 e. The molecule has 0 aromatic heterocycles. The molecule has 3 unspecified atom stereocenters. The first-order chi connectivity index (χ1) is 4.90. The van der Waals surface area contributed by atoms with Crippen LogP contribution in [0, 0.1) is 0 Å². The standard InChI is InChI=1S/C7H14O2Si/c1-8-10-5-2-3-6-7(4-5)9-6/h5-7H,2-4,10H2,1H3. The molecule has 3 heteroatoms. The lowest BCUT2D eigenvalue weighted by molar-refractivity contribution is 0.371. The molecule has 58 valence electrons. The molecular formula is C7H14O2Si. The van der Waals surface area contributed by atoms with Crippen molar-refractivity contribution in [2.24, 2.45) is 0 Å². The van der Waals surface area contributed by atoms with E-state index in [0.717, 1.165) is 5.54 Å². The molecule has 2 nitrogen and oxygen atoms in total. The van der Waals surface area contributed by atoms with Gasteiger partial charge in [-0.1, -0.05) is 0 Å². The van der Waals surface area contributed by atoms with E-state index in [9.17, 15) is 0 Å². The predicted octanol–water partition coefficient (Wildman–Crippen LogP) is 0.456. The quantitative estimate of drug-likeness (QED) is 0.430. The molecule has 1 aliphatic heterocycles. The van der Waals surface area contributed by atoms with E-state index in [1.807, 2.05) is 7.11 Å². The van der Waals surface area contributed by atoms with Crippen molar-refractivity contribution in [1.29, 1.82) is 0 Å². The van der Waals surface area contributed by atoms with Gasteiger partial charge in [-0.25, -0.2) is 0 Å². The van der Waals surface area contributed by atoms with Gasteiger partial charge < -0.3 is 9.16 Å².